The molecule has 0 aliphatic carbocycles. The van der Waals surface area contributed by atoms with Gasteiger partial charge in [-0.15, -0.1) is 35.3 Å². The largest absolute Gasteiger partial charge is 0.376 e. The van der Waals surface area contributed by atoms with Gasteiger partial charge in [0.15, 0.2) is 5.96 Å². The Bertz CT molecular complexity index is 878. The Morgan fingerprint density at radius 1 is 1.19 bits per heavy atom. The Morgan fingerprint density at radius 2 is 2.03 bits per heavy atom. The predicted molar refractivity (Wildman–Crippen MR) is 141 cm³/mol. The topological polar surface area (TPSA) is 69.2 Å². The van der Waals surface area contributed by atoms with Crippen LogP contribution < -0.4 is 15.5 Å². The summed E-state index contributed by atoms with van der Waals surface area (Å²) in [6.07, 6.45) is 2.24. The molecule has 2 aliphatic heterocycles. The zero-order chi connectivity index (χ0) is 21.5. The molecule has 2 saturated heterocycles. The van der Waals surface area contributed by atoms with Gasteiger partial charge in [0, 0.05) is 58.5 Å². The van der Waals surface area contributed by atoms with E-state index in [1.807, 2.05) is 31.3 Å². The second-order valence-electron chi connectivity index (χ2n) is 7.87. The maximum Gasteiger partial charge on any atom is 0.251 e. The van der Waals surface area contributed by atoms with Crippen LogP contribution in [0.4, 0.5) is 5.00 Å². The van der Waals surface area contributed by atoms with Crippen molar-refractivity contribution in [1.82, 2.24) is 15.5 Å². The number of guanidine groups is 1. The summed E-state index contributed by atoms with van der Waals surface area (Å²) >= 11 is 1.79. The molecule has 1 atom stereocenters. The maximum absolute atomic E-state index is 12.5. The number of rotatable bonds is 6. The van der Waals surface area contributed by atoms with Crippen LogP contribution in [0.3, 0.4) is 0 Å². The maximum atomic E-state index is 12.5. The minimum absolute atomic E-state index is 0. The first-order valence-electron chi connectivity index (χ1n) is 11.0. The molecule has 32 heavy (non-hydrogen) atoms. The zero-order valence-corrected chi connectivity index (χ0v) is 21.6. The van der Waals surface area contributed by atoms with Crippen molar-refractivity contribution < 1.29 is 9.53 Å². The fourth-order valence-corrected chi connectivity index (χ4v) is 4.82. The number of hydrogen-bond donors (Lipinski definition) is 2. The molecule has 7 nitrogen and oxygen atoms in total. The molecule has 1 aromatic carbocycles. The molecule has 1 unspecified atom stereocenters. The summed E-state index contributed by atoms with van der Waals surface area (Å²) in [7, 11) is 1.82. The van der Waals surface area contributed by atoms with Crippen molar-refractivity contribution in [1.29, 1.82) is 0 Å². The van der Waals surface area contributed by atoms with Crippen molar-refractivity contribution >= 4 is 52.2 Å². The van der Waals surface area contributed by atoms with Gasteiger partial charge >= 0.3 is 0 Å². The van der Waals surface area contributed by atoms with Gasteiger partial charge in [-0.1, -0.05) is 12.1 Å². The SMILES string of the molecule is CN=C(NCc1cccc(C(=O)NCC2CCCO2)c1)N1CCN(c2cccs2)CC1.I. The number of halogens is 1. The molecule has 0 spiro atoms. The summed E-state index contributed by atoms with van der Waals surface area (Å²) in [6.45, 7) is 5.85. The summed E-state index contributed by atoms with van der Waals surface area (Å²) in [5.74, 6) is 0.852. The third kappa shape index (κ3) is 6.58. The van der Waals surface area contributed by atoms with Crippen LogP contribution in [0.5, 0.6) is 0 Å². The first-order valence-corrected chi connectivity index (χ1v) is 11.8. The molecule has 0 radical (unpaired) electrons. The van der Waals surface area contributed by atoms with E-state index in [2.05, 4.69) is 42.9 Å². The number of carbonyl (C=O) groups excluding carboxylic acids is 1. The van der Waals surface area contributed by atoms with Gasteiger partial charge in [0.25, 0.3) is 5.91 Å². The molecule has 0 bridgehead atoms. The normalized spacial score (nSPS) is 18.9. The van der Waals surface area contributed by atoms with Gasteiger partial charge in [-0.3, -0.25) is 9.79 Å². The van der Waals surface area contributed by atoms with Gasteiger partial charge in [0.2, 0.25) is 0 Å². The first kappa shape index (κ1) is 24.8. The number of amides is 1. The quantitative estimate of drug-likeness (QED) is 0.318. The number of nitrogens with zero attached hydrogens (tertiary/aromatic N) is 3. The smallest absolute Gasteiger partial charge is 0.251 e. The number of nitrogens with one attached hydrogen (secondary N) is 2. The van der Waals surface area contributed by atoms with Gasteiger partial charge in [0.1, 0.15) is 0 Å². The second kappa shape index (κ2) is 12.4. The second-order valence-corrected chi connectivity index (χ2v) is 8.80. The van der Waals surface area contributed by atoms with Crippen LogP contribution in [0.25, 0.3) is 0 Å². The highest BCUT2D eigenvalue weighted by atomic mass is 127. The van der Waals surface area contributed by atoms with Crippen molar-refractivity contribution in [3.8, 4) is 0 Å². The summed E-state index contributed by atoms with van der Waals surface area (Å²) in [5, 5.41) is 9.90. The number of carbonyl (C=O) groups is 1. The Kier molecular flexibility index (Phi) is 9.61. The molecule has 174 valence electrons. The molecule has 0 saturated carbocycles. The Balaban J connectivity index is 0.00000289. The lowest BCUT2D eigenvalue weighted by Gasteiger charge is -2.37. The summed E-state index contributed by atoms with van der Waals surface area (Å²) in [6, 6.07) is 12.0. The highest BCUT2D eigenvalue weighted by Crippen LogP contribution is 2.22. The minimum atomic E-state index is -0.0496. The third-order valence-electron chi connectivity index (χ3n) is 5.76. The molecule has 1 aromatic heterocycles. The molecule has 2 aliphatic rings. The van der Waals surface area contributed by atoms with E-state index < -0.39 is 0 Å². The third-order valence-corrected chi connectivity index (χ3v) is 6.69. The minimum Gasteiger partial charge on any atom is -0.376 e. The Labute approximate surface area is 211 Å². The van der Waals surface area contributed by atoms with Crippen molar-refractivity contribution in [3.05, 3.63) is 52.9 Å². The van der Waals surface area contributed by atoms with Crippen LogP contribution in [0.1, 0.15) is 28.8 Å². The van der Waals surface area contributed by atoms with Crippen molar-refractivity contribution in [2.24, 2.45) is 4.99 Å². The van der Waals surface area contributed by atoms with Crippen LogP contribution in [0.2, 0.25) is 0 Å². The van der Waals surface area contributed by atoms with E-state index in [9.17, 15) is 4.79 Å². The summed E-state index contributed by atoms with van der Waals surface area (Å²) < 4.78 is 5.58. The van der Waals surface area contributed by atoms with Crippen LogP contribution in [0.15, 0.2) is 46.8 Å². The number of thiophene rings is 1. The lowest BCUT2D eigenvalue weighted by molar-refractivity contribution is 0.0857. The van der Waals surface area contributed by atoms with Gasteiger partial charge in [-0.25, -0.2) is 0 Å². The standard InChI is InChI=1S/C23H31N5O2S.HI/c1-24-23(28-11-9-27(10-12-28)21-8-4-14-31-21)26-16-18-5-2-6-19(15-18)22(29)25-17-20-7-3-13-30-20;/h2,4-6,8,14-15,20H,3,7,9-13,16-17H2,1H3,(H,24,26)(H,25,29);1H. The molecule has 3 heterocycles. The predicted octanol–water partition coefficient (Wildman–Crippen LogP) is 3.17. The fourth-order valence-electron chi connectivity index (χ4n) is 4.04. The van der Waals surface area contributed by atoms with Crippen LogP contribution in [0, 0.1) is 0 Å². The number of hydrogen-bond acceptors (Lipinski definition) is 5. The molecule has 4 rings (SSSR count). The highest BCUT2D eigenvalue weighted by molar-refractivity contribution is 14.0. The highest BCUT2D eigenvalue weighted by Gasteiger charge is 2.20. The van der Waals surface area contributed by atoms with Crippen molar-refractivity contribution in [2.75, 3.05) is 51.3 Å². The average Bonchev–Trinajstić information content (AvgIpc) is 3.53. The lowest BCUT2D eigenvalue weighted by atomic mass is 10.1. The fraction of sp³-hybridized carbons (Fsp3) is 0.478. The van der Waals surface area contributed by atoms with Crippen LogP contribution in [-0.4, -0.2) is 69.2 Å². The molecule has 2 fully saturated rings. The van der Waals surface area contributed by atoms with E-state index in [0.29, 0.717) is 18.7 Å². The molecular weight excluding hydrogens is 537 g/mol. The molecule has 9 heteroatoms. The van der Waals surface area contributed by atoms with E-state index in [1.165, 1.54) is 5.00 Å². The number of aliphatic imine (C=N–C) groups is 1. The van der Waals surface area contributed by atoms with Gasteiger partial charge < -0.3 is 25.2 Å². The zero-order valence-electron chi connectivity index (χ0n) is 18.5. The van der Waals surface area contributed by atoms with Gasteiger partial charge in [-0.05, 0) is 48.1 Å². The van der Waals surface area contributed by atoms with Crippen LogP contribution >= 0.6 is 35.3 Å². The van der Waals surface area contributed by atoms with E-state index in [-0.39, 0.29) is 36.0 Å². The van der Waals surface area contributed by atoms with Gasteiger partial charge in [-0.2, -0.15) is 0 Å². The first-order chi connectivity index (χ1) is 15.2. The monoisotopic (exact) mass is 569 g/mol. The number of ether oxygens (including phenoxy) is 1. The van der Waals surface area contributed by atoms with E-state index in [1.54, 1.807) is 11.3 Å². The van der Waals surface area contributed by atoms with E-state index in [4.69, 9.17) is 4.74 Å². The molecule has 1 amide bonds. The number of anilines is 1. The van der Waals surface area contributed by atoms with Gasteiger partial charge in [0.05, 0.1) is 11.1 Å². The molecule has 2 aromatic rings. The number of benzene rings is 1. The average molecular weight is 570 g/mol. The van der Waals surface area contributed by atoms with E-state index in [0.717, 1.165) is 57.2 Å². The van der Waals surface area contributed by atoms with Crippen molar-refractivity contribution in [3.63, 3.8) is 0 Å². The molecule has 2 N–H and O–H groups in total. The van der Waals surface area contributed by atoms with Crippen molar-refractivity contribution in [2.45, 2.75) is 25.5 Å². The van der Waals surface area contributed by atoms with E-state index >= 15 is 0 Å². The lowest BCUT2D eigenvalue weighted by Crippen LogP contribution is -2.52. The number of piperazine rings is 1. The van der Waals surface area contributed by atoms with Crippen LogP contribution in [-0.2, 0) is 11.3 Å². The Morgan fingerprint density at radius 3 is 2.72 bits per heavy atom. The summed E-state index contributed by atoms with van der Waals surface area (Å²) in [5.41, 5.74) is 1.74. The Hall–Kier alpha value is -1.85. The molecular formula is C23H32IN5O2S. The summed E-state index contributed by atoms with van der Waals surface area (Å²) in [4.78, 5) is 21.7.